The summed E-state index contributed by atoms with van der Waals surface area (Å²) in [5, 5.41) is 4.56. The van der Waals surface area contributed by atoms with Gasteiger partial charge in [0, 0.05) is 32.8 Å². The second kappa shape index (κ2) is 8.19. The third-order valence-electron chi connectivity index (χ3n) is 6.36. The first-order chi connectivity index (χ1) is 14.0. The van der Waals surface area contributed by atoms with Crippen molar-refractivity contribution in [2.75, 3.05) is 20.3 Å². The van der Waals surface area contributed by atoms with E-state index in [1.807, 2.05) is 19.2 Å². The fraction of sp³-hybridized carbons (Fsp3) is 0.565. The Morgan fingerprint density at radius 3 is 2.62 bits per heavy atom. The van der Waals surface area contributed by atoms with E-state index in [1.54, 1.807) is 11.8 Å². The van der Waals surface area contributed by atoms with Crippen LogP contribution in [0, 0.1) is 5.92 Å². The van der Waals surface area contributed by atoms with Crippen LogP contribution in [0.4, 0.5) is 0 Å². The monoisotopic (exact) mass is 397 g/mol. The average Bonchev–Trinajstić information content (AvgIpc) is 3.14. The molecule has 1 saturated heterocycles. The number of carbonyl (C=O) groups is 1. The van der Waals surface area contributed by atoms with Gasteiger partial charge in [-0.2, -0.15) is 5.10 Å². The van der Waals surface area contributed by atoms with Gasteiger partial charge in [-0.25, -0.2) is 0 Å². The van der Waals surface area contributed by atoms with E-state index in [4.69, 9.17) is 9.47 Å². The van der Waals surface area contributed by atoms with Crippen LogP contribution >= 0.6 is 0 Å². The van der Waals surface area contributed by atoms with Gasteiger partial charge in [0.25, 0.3) is 5.91 Å². The number of nitrogens with zero attached hydrogens (tertiary/aromatic N) is 3. The van der Waals surface area contributed by atoms with E-state index in [-0.39, 0.29) is 11.9 Å². The molecular weight excluding hydrogens is 366 g/mol. The third kappa shape index (κ3) is 3.90. The zero-order valence-corrected chi connectivity index (χ0v) is 17.9. The summed E-state index contributed by atoms with van der Waals surface area (Å²) in [5.74, 6) is 1.70. The molecule has 0 N–H and O–H groups in total. The van der Waals surface area contributed by atoms with E-state index in [2.05, 4.69) is 36.0 Å². The molecule has 0 spiro atoms. The molecule has 1 aromatic heterocycles. The summed E-state index contributed by atoms with van der Waals surface area (Å²) in [6.07, 6.45) is 2.85. The van der Waals surface area contributed by atoms with Crippen molar-refractivity contribution in [1.82, 2.24) is 14.7 Å². The number of carbonyl (C=O) groups excluding carboxylic acids is 1. The molecule has 156 valence electrons. The van der Waals surface area contributed by atoms with Gasteiger partial charge < -0.3 is 14.4 Å². The van der Waals surface area contributed by atoms with Gasteiger partial charge in [-0.15, -0.1) is 0 Å². The highest BCUT2D eigenvalue weighted by Crippen LogP contribution is 2.34. The van der Waals surface area contributed by atoms with Crippen LogP contribution < -0.4 is 4.74 Å². The van der Waals surface area contributed by atoms with Gasteiger partial charge >= 0.3 is 0 Å². The number of hydrogen-bond acceptors (Lipinski definition) is 4. The normalized spacial score (nSPS) is 20.0. The van der Waals surface area contributed by atoms with Gasteiger partial charge in [-0.05, 0) is 60.4 Å². The summed E-state index contributed by atoms with van der Waals surface area (Å²) in [6.45, 7) is 6.38. The minimum absolute atomic E-state index is 0.0739. The standard InChI is InChI=1S/C23H31N3O3/c1-15(2)20-13-22(25(3)24-20)23(27)26-14-17-5-6-19(28-4)11-18(17)12-21(26)16-7-9-29-10-8-16/h5-6,11,13,15-16,21H,7-10,12,14H2,1-4H3/t21-/m1/s1. The fourth-order valence-electron chi connectivity index (χ4n) is 4.57. The van der Waals surface area contributed by atoms with Crippen molar-refractivity contribution in [3.05, 3.63) is 46.8 Å². The molecule has 6 nitrogen and oxygen atoms in total. The molecule has 0 saturated carbocycles. The summed E-state index contributed by atoms with van der Waals surface area (Å²) in [6, 6.07) is 8.33. The van der Waals surface area contributed by atoms with Crippen molar-refractivity contribution < 1.29 is 14.3 Å². The summed E-state index contributed by atoms with van der Waals surface area (Å²) < 4.78 is 12.8. The summed E-state index contributed by atoms with van der Waals surface area (Å²) in [7, 11) is 3.57. The van der Waals surface area contributed by atoms with Crippen molar-refractivity contribution in [3.63, 3.8) is 0 Å². The van der Waals surface area contributed by atoms with Gasteiger partial charge in [-0.1, -0.05) is 19.9 Å². The Hall–Kier alpha value is -2.34. The molecule has 1 amide bonds. The molecule has 1 fully saturated rings. The first kappa shape index (κ1) is 20.0. The lowest BCUT2D eigenvalue weighted by Gasteiger charge is -2.42. The molecule has 0 bridgehead atoms. The SMILES string of the molecule is COc1ccc2c(c1)C[C@H](C1CCOCC1)N(C(=O)c1cc(C(C)C)nn1C)C2. The Morgan fingerprint density at radius 2 is 1.97 bits per heavy atom. The molecule has 0 unspecified atom stereocenters. The van der Waals surface area contributed by atoms with Crippen molar-refractivity contribution in [3.8, 4) is 5.75 Å². The van der Waals surface area contributed by atoms with Crippen LogP contribution in [0.1, 0.15) is 59.9 Å². The summed E-state index contributed by atoms with van der Waals surface area (Å²) in [4.78, 5) is 15.7. The largest absolute Gasteiger partial charge is 0.497 e. The molecule has 29 heavy (non-hydrogen) atoms. The Bertz CT molecular complexity index is 883. The number of methoxy groups -OCH3 is 1. The minimum Gasteiger partial charge on any atom is -0.497 e. The Kier molecular flexibility index (Phi) is 5.63. The Balaban J connectivity index is 1.69. The number of aryl methyl sites for hydroxylation is 1. The van der Waals surface area contributed by atoms with Crippen molar-refractivity contribution >= 4 is 5.91 Å². The predicted molar refractivity (Wildman–Crippen MR) is 111 cm³/mol. The number of hydrogen-bond donors (Lipinski definition) is 0. The smallest absolute Gasteiger partial charge is 0.272 e. The van der Waals surface area contributed by atoms with E-state index >= 15 is 0 Å². The highest BCUT2D eigenvalue weighted by molar-refractivity contribution is 5.93. The van der Waals surface area contributed by atoms with E-state index in [0.29, 0.717) is 24.1 Å². The number of fused-ring (bicyclic) bond motifs is 1. The molecule has 1 atom stereocenters. The van der Waals surface area contributed by atoms with Crippen LogP contribution in [0.15, 0.2) is 24.3 Å². The molecule has 2 aliphatic heterocycles. The third-order valence-corrected chi connectivity index (χ3v) is 6.36. The quantitative estimate of drug-likeness (QED) is 0.792. The first-order valence-corrected chi connectivity index (χ1v) is 10.6. The average molecular weight is 398 g/mol. The zero-order valence-electron chi connectivity index (χ0n) is 17.9. The molecular formula is C23H31N3O3. The van der Waals surface area contributed by atoms with Gasteiger partial charge in [0.1, 0.15) is 11.4 Å². The molecule has 0 radical (unpaired) electrons. The highest BCUT2D eigenvalue weighted by Gasteiger charge is 2.37. The predicted octanol–water partition coefficient (Wildman–Crippen LogP) is 3.55. The topological polar surface area (TPSA) is 56.6 Å². The van der Waals surface area contributed by atoms with Crippen LogP contribution in [0.3, 0.4) is 0 Å². The molecule has 4 rings (SSSR count). The van der Waals surface area contributed by atoms with E-state index in [9.17, 15) is 4.79 Å². The molecule has 1 aromatic carbocycles. The lowest BCUT2D eigenvalue weighted by Crippen LogP contribution is -2.49. The minimum atomic E-state index is 0.0739. The lowest BCUT2D eigenvalue weighted by molar-refractivity contribution is 0.0175. The number of ether oxygens (including phenoxy) is 2. The second-order valence-electron chi connectivity index (χ2n) is 8.52. The maximum Gasteiger partial charge on any atom is 0.272 e. The molecule has 2 aromatic rings. The van der Waals surface area contributed by atoms with Crippen LogP contribution in [0.5, 0.6) is 5.75 Å². The fourth-order valence-corrected chi connectivity index (χ4v) is 4.57. The lowest BCUT2D eigenvalue weighted by atomic mass is 9.82. The first-order valence-electron chi connectivity index (χ1n) is 10.6. The van der Waals surface area contributed by atoms with E-state index in [0.717, 1.165) is 43.9 Å². The van der Waals surface area contributed by atoms with Crippen molar-refractivity contribution in [2.24, 2.45) is 13.0 Å². The Labute approximate surface area is 172 Å². The zero-order chi connectivity index (χ0) is 20.5. The molecule has 2 aliphatic rings. The molecule has 0 aliphatic carbocycles. The Morgan fingerprint density at radius 1 is 1.21 bits per heavy atom. The van der Waals surface area contributed by atoms with Gasteiger partial charge in [0.05, 0.1) is 12.8 Å². The number of rotatable bonds is 4. The summed E-state index contributed by atoms with van der Waals surface area (Å²) >= 11 is 0. The van der Waals surface area contributed by atoms with Crippen LogP contribution in [0.25, 0.3) is 0 Å². The summed E-state index contributed by atoms with van der Waals surface area (Å²) in [5.41, 5.74) is 4.12. The number of amides is 1. The number of benzene rings is 1. The molecule has 6 heteroatoms. The van der Waals surface area contributed by atoms with Gasteiger partial charge in [-0.3, -0.25) is 9.48 Å². The molecule has 3 heterocycles. The van der Waals surface area contributed by atoms with Crippen LogP contribution in [-0.4, -0.2) is 47.0 Å². The number of aromatic nitrogens is 2. The maximum atomic E-state index is 13.7. The van der Waals surface area contributed by atoms with Crippen molar-refractivity contribution in [2.45, 2.75) is 51.6 Å². The van der Waals surface area contributed by atoms with Gasteiger partial charge in [0.15, 0.2) is 0 Å². The highest BCUT2D eigenvalue weighted by atomic mass is 16.5. The van der Waals surface area contributed by atoms with E-state index < -0.39 is 0 Å². The maximum absolute atomic E-state index is 13.7. The van der Waals surface area contributed by atoms with Crippen molar-refractivity contribution in [1.29, 1.82) is 0 Å². The van der Waals surface area contributed by atoms with Crippen LogP contribution in [-0.2, 0) is 24.8 Å². The van der Waals surface area contributed by atoms with Crippen LogP contribution in [0.2, 0.25) is 0 Å². The second-order valence-corrected chi connectivity index (χ2v) is 8.52. The van der Waals surface area contributed by atoms with E-state index in [1.165, 1.54) is 11.1 Å². The van der Waals surface area contributed by atoms with Gasteiger partial charge in [0.2, 0.25) is 0 Å².